The lowest BCUT2D eigenvalue weighted by molar-refractivity contribution is -0.137. The van der Waals surface area contributed by atoms with Crippen molar-refractivity contribution in [3.05, 3.63) is 118 Å². The van der Waals surface area contributed by atoms with E-state index >= 15 is 4.39 Å². The molecule has 2 atom stereocenters. The van der Waals surface area contributed by atoms with Crippen LogP contribution in [0.4, 0.5) is 23.4 Å². The number of imide groups is 1. The number of rotatable bonds is 9. The number of aromatic nitrogens is 3. The monoisotopic (exact) mass is 724 g/mol. The van der Waals surface area contributed by atoms with Gasteiger partial charge in [-0.2, -0.15) is 5.10 Å². The predicted octanol–water partition coefficient (Wildman–Crippen LogP) is 8.46. The van der Waals surface area contributed by atoms with E-state index in [-0.39, 0.29) is 23.2 Å². The van der Waals surface area contributed by atoms with E-state index in [2.05, 4.69) is 42.8 Å². The lowest BCUT2D eigenvalue weighted by Gasteiger charge is -2.34. The minimum atomic E-state index is -2.95. The number of amides is 2. The van der Waals surface area contributed by atoms with Crippen LogP contribution in [0.2, 0.25) is 0 Å². The molecule has 0 saturated carbocycles. The molecule has 0 radical (unpaired) electrons. The number of fused-ring (bicyclic) bond motifs is 1. The standard InChI is InChI=1S/C41H40F4N6O2/c1-23(29-7-5-9-31(37(29)43)38(44)45)47-39-32-20-34(46-21-33(32)24(2)49-50-39)30-8-4-6-27(36(30)42)22-51-18-15-26(16-19-51)25-10-12-28(13-11-25)41(3)17-14-35(52)48-40(41)53/h4-13,20-21,23,26,38H,14-19,22H2,1-3H3,(H,47,50)(H,48,52,53)/t23-,41-/m1/s1. The van der Waals surface area contributed by atoms with E-state index in [0.717, 1.165) is 37.6 Å². The third kappa shape index (κ3) is 7.12. The number of hydrogen-bond acceptors (Lipinski definition) is 7. The quantitative estimate of drug-likeness (QED) is 0.116. The molecule has 3 aromatic carbocycles. The smallest absolute Gasteiger partial charge is 0.266 e. The van der Waals surface area contributed by atoms with Gasteiger partial charge in [-0.3, -0.25) is 24.8 Å². The number of pyridine rings is 1. The molecule has 0 unspecified atom stereocenters. The number of piperidine rings is 2. The Bertz CT molecular complexity index is 2190. The van der Waals surface area contributed by atoms with Crippen LogP contribution in [-0.2, 0) is 21.5 Å². The van der Waals surface area contributed by atoms with Gasteiger partial charge >= 0.3 is 0 Å². The Labute approximate surface area is 305 Å². The first-order chi connectivity index (χ1) is 25.4. The summed E-state index contributed by atoms with van der Waals surface area (Å²) in [5, 5.41) is 15.3. The molecule has 8 nitrogen and oxygen atoms in total. The summed E-state index contributed by atoms with van der Waals surface area (Å²) in [5.74, 6) is -1.20. The van der Waals surface area contributed by atoms with Crippen LogP contribution in [0.5, 0.6) is 0 Å². The van der Waals surface area contributed by atoms with Crippen molar-refractivity contribution < 1.29 is 27.2 Å². The largest absolute Gasteiger partial charge is 0.361 e. The molecule has 4 heterocycles. The SMILES string of the molecule is Cc1nnc(N[C@H](C)c2cccc(C(F)F)c2F)c2cc(-c3cccc(CN4CCC(c5ccc([C@@]6(C)CCC(=O)NC6=O)cc5)CC4)c3F)ncc12. The summed E-state index contributed by atoms with van der Waals surface area (Å²) in [6.07, 6.45) is 1.28. The molecule has 2 aromatic heterocycles. The maximum Gasteiger partial charge on any atom is 0.266 e. The molecule has 5 aromatic rings. The molecule has 0 spiro atoms. The zero-order valence-corrected chi connectivity index (χ0v) is 29.7. The van der Waals surface area contributed by atoms with E-state index < -0.39 is 29.3 Å². The minimum absolute atomic E-state index is 0.0625. The zero-order chi connectivity index (χ0) is 37.4. The van der Waals surface area contributed by atoms with Crippen LogP contribution in [0.3, 0.4) is 0 Å². The number of alkyl halides is 2. The number of nitrogens with zero attached hydrogens (tertiary/aromatic N) is 4. The molecule has 7 rings (SSSR count). The molecule has 2 amide bonds. The van der Waals surface area contributed by atoms with Gasteiger partial charge in [0.05, 0.1) is 28.4 Å². The van der Waals surface area contributed by atoms with Gasteiger partial charge in [0, 0.05) is 46.6 Å². The zero-order valence-electron chi connectivity index (χ0n) is 29.7. The number of hydrogen-bond donors (Lipinski definition) is 2. The van der Waals surface area contributed by atoms with E-state index in [9.17, 15) is 22.8 Å². The number of nitrogens with one attached hydrogen (secondary N) is 2. The van der Waals surface area contributed by atoms with E-state index in [0.29, 0.717) is 64.4 Å². The molecule has 2 saturated heterocycles. The van der Waals surface area contributed by atoms with Crippen molar-refractivity contribution in [3.63, 3.8) is 0 Å². The summed E-state index contributed by atoms with van der Waals surface area (Å²) in [5.41, 5.74) is 2.63. The summed E-state index contributed by atoms with van der Waals surface area (Å²) in [6.45, 7) is 7.32. The van der Waals surface area contributed by atoms with Crippen molar-refractivity contribution in [2.45, 2.75) is 76.8 Å². The first-order valence-electron chi connectivity index (χ1n) is 17.8. The van der Waals surface area contributed by atoms with Gasteiger partial charge in [0.2, 0.25) is 11.8 Å². The van der Waals surface area contributed by atoms with Gasteiger partial charge < -0.3 is 5.32 Å². The molecular weight excluding hydrogens is 684 g/mol. The highest BCUT2D eigenvalue weighted by atomic mass is 19.3. The number of carbonyl (C=O) groups excluding carboxylic acids is 2. The molecule has 2 aliphatic heterocycles. The third-order valence-corrected chi connectivity index (χ3v) is 10.9. The van der Waals surface area contributed by atoms with Crippen LogP contribution in [0, 0.1) is 18.6 Å². The molecule has 2 N–H and O–H groups in total. The Hall–Kier alpha value is -5.23. The summed E-state index contributed by atoms with van der Waals surface area (Å²) in [7, 11) is 0. The van der Waals surface area contributed by atoms with Crippen LogP contribution < -0.4 is 10.6 Å². The summed E-state index contributed by atoms with van der Waals surface area (Å²) >= 11 is 0. The maximum absolute atomic E-state index is 16.2. The highest BCUT2D eigenvalue weighted by molar-refractivity contribution is 6.03. The second kappa shape index (κ2) is 14.7. The lowest BCUT2D eigenvalue weighted by atomic mass is 9.75. The molecule has 0 aliphatic carbocycles. The Morgan fingerprint density at radius 3 is 2.38 bits per heavy atom. The Balaban J connectivity index is 1.05. The van der Waals surface area contributed by atoms with Gasteiger partial charge in [-0.05, 0) is 82.3 Å². The van der Waals surface area contributed by atoms with Crippen molar-refractivity contribution in [1.82, 2.24) is 25.4 Å². The molecule has 2 aliphatic rings. The molecule has 53 heavy (non-hydrogen) atoms. The summed E-state index contributed by atoms with van der Waals surface area (Å²) < 4.78 is 57.9. The van der Waals surface area contributed by atoms with E-state index in [4.69, 9.17) is 0 Å². The normalized spacial score (nSPS) is 19.1. The first-order valence-corrected chi connectivity index (χ1v) is 17.8. The van der Waals surface area contributed by atoms with Gasteiger partial charge in [-0.1, -0.05) is 54.6 Å². The Morgan fingerprint density at radius 2 is 1.66 bits per heavy atom. The fourth-order valence-corrected chi connectivity index (χ4v) is 7.55. The first kappa shape index (κ1) is 36.1. The van der Waals surface area contributed by atoms with Crippen molar-refractivity contribution in [3.8, 4) is 11.3 Å². The number of likely N-dealkylation sites (tertiary alicyclic amines) is 1. The van der Waals surface area contributed by atoms with Crippen LogP contribution in [0.25, 0.3) is 22.0 Å². The molecule has 2 fully saturated rings. The average molecular weight is 725 g/mol. The van der Waals surface area contributed by atoms with Crippen LogP contribution >= 0.6 is 0 Å². The Kier molecular flexibility index (Phi) is 9.99. The van der Waals surface area contributed by atoms with Crippen LogP contribution in [0.1, 0.15) is 91.4 Å². The highest BCUT2D eigenvalue weighted by Crippen LogP contribution is 2.36. The van der Waals surface area contributed by atoms with Crippen molar-refractivity contribution in [2.24, 2.45) is 0 Å². The highest BCUT2D eigenvalue weighted by Gasteiger charge is 2.40. The van der Waals surface area contributed by atoms with E-state index in [1.165, 1.54) is 17.7 Å². The summed E-state index contributed by atoms with van der Waals surface area (Å²) in [4.78, 5) is 31.1. The van der Waals surface area contributed by atoms with Gasteiger partial charge in [0.1, 0.15) is 11.6 Å². The van der Waals surface area contributed by atoms with Crippen molar-refractivity contribution in [2.75, 3.05) is 18.4 Å². The molecule has 12 heteroatoms. The molecular formula is C41H40F4N6O2. The maximum atomic E-state index is 16.2. The predicted molar refractivity (Wildman–Crippen MR) is 194 cm³/mol. The van der Waals surface area contributed by atoms with Gasteiger partial charge in [-0.15, -0.1) is 5.10 Å². The number of aryl methyl sites for hydroxylation is 1. The Morgan fingerprint density at radius 1 is 0.943 bits per heavy atom. The van der Waals surface area contributed by atoms with E-state index in [1.54, 1.807) is 38.2 Å². The number of anilines is 1. The van der Waals surface area contributed by atoms with Crippen molar-refractivity contribution in [1.29, 1.82) is 0 Å². The number of benzene rings is 3. The van der Waals surface area contributed by atoms with Gasteiger partial charge in [0.15, 0.2) is 5.82 Å². The summed E-state index contributed by atoms with van der Waals surface area (Å²) in [6, 6.07) is 18.3. The number of carbonyl (C=O) groups is 2. The average Bonchev–Trinajstić information content (AvgIpc) is 3.15. The molecule has 274 valence electrons. The topological polar surface area (TPSA) is 100 Å². The molecule has 0 bridgehead atoms. The van der Waals surface area contributed by atoms with Crippen molar-refractivity contribution >= 4 is 28.4 Å². The lowest BCUT2D eigenvalue weighted by Crippen LogP contribution is -2.49. The van der Waals surface area contributed by atoms with E-state index in [1.807, 2.05) is 25.1 Å². The van der Waals surface area contributed by atoms with Crippen LogP contribution in [-0.4, -0.2) is 45.0 Å². The van der Waals surface area contributed by atoms with Gasteiger partial charge in [-0.25, -0.2) is 17.6 Å². The third-order valence-electron chi connectivity index (χ3n) is 10.9. The fraction of sp³-hybridized carbons (Fsp3) is 0.341. The van der Waals surface area contributed by atoms with Gasteiger partial charge in [0.25, 0.3) is 6.43 Å². The minimum Gasteiger partial charge on any atom is -0.361 e. The fourth-order valence-electron chi connectivity index (χ4n) is 7.55. The number of halogens is 4. The second-order valence-electron chi connectivity index (χ2n) is 14.3. The van der Waals surface area contributed by atoms with Crippen LogP contribution in [0.15, 0.2) is 72.9 Å². The second-order valence-corrected chi connectivity index (χ2v) is 14.3.